The molecule has 0 unspecified atom stereocenters. The van der Waals surface area contributed by atoms with E-state index in [-0.39, 0.29) is 10.8 Å². The Morgan fingerprint density at radius 2 is 1.24 bits per heavy atom. The van der Waals surface area contributed by atoms with Crippen molar-refractivity contribution >= 4 is 0 Å². The first-order valence-electron chi connectivity index (χ1n) is 7.70. The van der Waals surface area contributed by atoms with Crippen LogP contribution in [0.4, 0.5) is 0 Å². The second kappa shape index (κ2) is 6.30. The predicted molar refractivity (Wildman–Crippen MR) is 92.6 cm³/mol. The van der Waals surface area contributed by atoms with Gasteiger partial charge in [-0.3, -0.25) is 0 Å². The number of hydrogen-bond acceptors (Lipinski definition) is 0. The van der Waals surface area contributed by atoms with Gasteiger partial charge in [0, 0.05) is 5.41 Å². The van der Waals surface area contributed by atoms with Crippen LogP contribution >= 0.6 is 0 Å². The van der Waals surface area contributed by atoms with E-state index in [9.17, 15) is 0 Å². The fourth-order valence-corrected chi connectivity index (χ4v) is 3.34. The molecule has 0 aliphatic rings. The average molecular weight is 278 g/mol. The summed E-state index contributed by atoms with van der Waals surface area (Å²) in [5.74, 6) is 0. The van der Waals surface area contributed by atoms with Crippen molar-refractivity contribution in [3.8, 4) is 0 Å². The van der Waals surface area contributed by atoms with Crippen LogP contribution in [0.1, 0.15) is 44.7 Å². The van der Waals surface area contributed by atoms with Crippen molar-refractivity contribution in [2.45, 2.75) is 39.0 Å². The third-order valence-corrected chi connectivity index (χ3v) is 3.98. The van der Waals surface area contributed by atoms with Gasteiger partial charge in [0.25, 0.3) is 0 Å². The first kappa shape index (κ1) is 15.6. The van der Waals surface area contributed by atoms with Gasteiger partial charge in [0.1, 0.15) is 0 Å². The van der Waals surface area contributed by atoms with Crippen molar-refractivity contribution in [1.29, 1.82) is 0 Å². The maximum absolute atomic E-state index is 4.03. The summed E-state index contributed by atoms with van der Waals surface area (Å²) < 4.78 is 0. The van der Waals surface area contributed by atoms with Gasteiger partial charge < -0.3 is 0 Å². The van der Waals surface area contributed by atoms with E-state index >= 15 is 0 Å². The Morgan fingerprint density at radius 3 is 1.57 bits per heavy atom. The Labute approximate surface area is 129 Å². The van der Waals surface area contributed by atoms with E-state index in [1.54, 1.807) is 0 Å². The van der Waals surface area contributed by atoms with E-state index in [1.807, 2.05) is 0 Å². The maximum atomic E-state index is 4.03. The molecule has 0 heteroatoms. The minimum absolute atomic E-state index is 0.00250. The average Bonchev–Trinajstić information content (AvgIpc) is 2.47. The van der Waals surface area contributed by atoms with Crippen molar-refractivity contribution in [3.05, 3.63) is 84.4 Å². The molecule has 110 valence electrons. The molecule has 0 aliphatic carbocycles. The standard InChI is InChI=1S/C21H26/c1-5-16-21(17-20(2,3)4,18-12-8-6-9-13-18)19-14-10-7-11-15-19/h5-15H,1,16-17H2,2-4H3. The van der Waals surface area contributed by atoms with Gasteiger partial charge in [-0.15, -0.1) is 6.58 Å². The summed E-state index contributed by atoms with van der Waals surface area (Å²) >= 11 is 0. The lowest BCUT2D eigenvalue weighted by Gasteiger charge is -2.39. The van der Waals surface area contributed by atoms with Crippen LogP contribution in [0.2, 0.25) is 0 Å². The Kier molecular flexibility index (Phi) is 4.67. The Balaban J connectivity index is 2.63. The third kappa shape index (κ3) is 3.64. The molecule has 0 aromatic heterocycles. The summed E-state index contributed by atoms with van der Waals surface area (Å²) in [6, 6.07) is 21.7. The van der Waals surface area contributed by atoms with Gasteiger partial charge in [-0.05, 0) is 29.4 Å². The van der Waals surface area contributed by atoms with Gasteiger partial charge >= 0.3 is 0 Å². The second-order valence-corrected chi connectivity index (χ2v) is 7.04. The summed E-state index contributed by atoms with van der Waals surface area (Å²) in [7, 11) is 0. The van der Waals surface area contributed by atoms with Crippen molar-refractivity contribution in [2.75, 3.05) is 0 Å². The Bertz CT molecular complexity index is 518. The Hall–Kier alpha value is -1.82. The zero-order chi connectivity index (χ0) is 15.3. The quantitative estimate of drug-likeness (QED) is 0.590. The first-order valence-corrected chi connectivity index (χ1v) is 7.70. The van der Waals surface area contributed by atoms with Gasteiger partial charge in [0.15, 0.2) is 0 Å². The number of hydrogen-bond donors (Lipinski definition) is 0. The highest BCUT2D eigenvalue weighted by Gasteiger charge is 2.36. The van der Waals surface area contributed by atoms with Crippen molar-refractivity contribution in [1.82, 2.24) is 0 Å². The van der Waals surface area contributed by atoms with Crippen LogP contribution in [0.25, 0.3) is 0 Å². The molecule has 0 amide bonds. The summed E-state index contributed by atoms with van der Waals surface area (Å²) in [4.78, 5) is 0. The topological polar surface area (TPSA) is 0 Å². The van der Waals surface area contributed by atoms with E-state index in [4.69, 9.17) is 0 Å². The van der Waals surface area contributed by atoms with E-state index in [2.05, 4.69) is 94.1 Å². The highest BCUT2D eigenvalue weighted by Crippen LogP contribution is 2.44. The molecule has 2 rings (SSSR count). The predicted octanol–water partition coefficient (Wildman–Crippen LogP) is 5.99. The van der Waals surface area contributed by atoms with Crippen LogP contribution in [-0.4, -0.2) is 0 Å². The summed E-state index contributed by atoms with van der Waals surface area (Å²) in [5, 5.41) is 0. The lowest BCUT2D eigenvalue weighted by molar-refractivity contribution is 0.286. The van der Waals surface area contributed by atoms with Gasteiger partial charge in [-0.25, -0.2) is 0 Å². The SMILES string of the molecule is C=CCC(CC(C)(C)C)(c1ccccc1)c1ccccc1. The van der Waals surface area contributed by atoms with Crippen LogP contribution in [-0.2, 0) is 5.41 Å². The zero-order valence-corrected chi connectivity index (χ0v) is 13.5. The number of benzene rings is 2. The van der Waals surface area contributed by atoms with Gasteiger partial charge in [-0.2, -0.15) is 0 Å². The molecule has 21 heavy (non-hydrogen) atoms. The lowest BCUT2D eigenvalue weighted by Crippen LogP contribution is -2.32. The van der Waals surface area contributed by atoms with Crippen LogP contribution < -0.4 is 0 Å². The summed E-state index contributed by atoms with van der Waals surface area (Å²) in [6.07, 6.45) is 4.12. The van der Waals surface area contributed by atoms with Crippen LogP contribution in [0.3, 0.4) is 0 Å². The van der Waals surface area contributed by atoms with Crippen LogP contribution in [0, 0.1) is 5.41 Å². The number of rotatable bonds is 5. The molecule has 2 aromatic rings. The number of allylic oxidation sites excluding steroid dienone is 1. The normalized spacial score (nSPS) is 12.1. The molecular weight excluding hydrogens is 252 g/mol. The fraction of sp³-hybridized carbons (Fsp3) is 0.333. The zero-order valence-electron chi connectivity index (χ0n) is 13.5. The fourth-order valence-electron chi connectivity index (χ4n) is 3.34. The highest BCUT2D eigenvalue weighted by molar-refractivity contribution is 5.40. The molecule has 0 N–H and O–H groups in total. The van der Waals surface area contributed by atoms with Crippen molar-refractivity contribution < 1.29 is 0 Å². The maximum Gasteiger partial charge on any atom is 0.0242 e. The van der Waals surface area contributed by atoms with E-state index in [1.165, 1.54) is 11.1 Å². The molecule has 0 fully saturated rings. The van der Waals surface area contributed by atoms with Crippen LogP contribution in [0.5, 0.6) is 0 Å². The molecule has 0 saturated heterocycles. The smallest absolute Gasteiger partial charge is 0.0242 e. The lowest BCUT2D eigenvalue weighted by atomic mass is 9.64. The summed E-state index contributed by atoms with van der Waals surface area (Å²) in [5.41, 5.74) is 3.01. The molecule has 0 saturated carbocycles. The molecule has 0 heterocycles. The van der Waals surface area contributed by atoms with Crippen molar-refractivity contribution in [2.24, 2.45) is 5.41 Å². The Morgan fingerprint density at radius 1 is 0.810 bits per heavy atom. The molecule has 0 spiro atoms. The van der Waals surface area contributed by atoms with E-state index < -0.39 is 0 Å². The molecule has 0 atom stereocenters. The monoisotopic (exact) mass is 278 g/mol. The van der Waals surface area contributed by atoms with Crippen molar-refractivity contribution in [3.63, 3.8) is 0 Å². The first-order chi connectivity index (χ1) is 9.98. The minimum atomic E-state index is 0.00250. The van der Waals surface area contributed by atoms with Crippen LogP contribution in [0.15, 0.2) is 73.3 Å². The molecule has 0 aliphatic heterocycles. The molecule has 0 bridgehead atoms. The third-order valence-electron chi connectivity index (χ3n) is 3.98. The molecule has 2 aromatic carbocycles. The van der Waals surface area contributed by atoms with Gasteiger partial charge in [0.2, 0.25) is 0 Å². The van der Waals surface area contributed by atoms with Gasteiger partial charge in [0.05, 0.1) is 0 Å². The second-order valence-electron chi connectivity index (χ2n) is 7.04. The summed E-state index contributed by atoms with van der Waals surface area (Å²) in [6.45, 7) is 11.0. The largest absolute Gasteiger partial charge is 0.103 e. The minimum Gasteiger partial charge on any atom is -0.103 e. The van der Waals surface area contributed by atoms with E-state index in [0.29, 0.717) is 0 Å². The molecule has 0 nitrogen and oxygen atoms in total. The highest BCUT2D eigenvalue weighted by atomic mass is 14.4. The molecule has 0 radical (unpaired) electrons. The van der Waals surface area contributed by atoms with E-state index in [0.717, 1.165) is 12.8 Å². The van der Waals surface area contributed by atoms with Gasteiger partial charge in [-0.1, -0.05) is 87.5 Å². The molecular formula is C21H26.